The molecule has 0 aliphatic heterocycles. The topological polar surface area (TPSA) is 55.1 Å². The first-order valence-electron chi connectivity index (χ1n) is 6.87. The molecule has 2 rings (SSSR count). The van der Waals surface area contributed by atoms with Gasteiger partial charge in [0.15, 0.2) is 0 Å². The van der Waals surface area contributed by atoms with Crippen molar-refractivity contribution in [1.82, 2.24) is 5.32 Å². The Morgan fingerprint density at radius 2 is 1.95 bits per heavy atom. The van der Waals surface area contributed by atoms with Gasteiger partial charge in [-0.15, -0.1) is 0 Å². The Morgan fingerprint density at radius 3 is 2.67 bits per heavy atom. The van der Waals surface area contributed by atoms with Crippen LogP contribution in [0.3, 0.4) is 0 Å². The van der Waals surface area contributed by atoms with E-state index in [0.717, 1.165) is 16.5 Å². The fourth-order valence-corrected chi connectivity index (χ4v) is 2.71. The minimum absolute atomic E-state index is 0.0888. The maximum atomic E-state index is 12.3. The molecule has 3 nitrogen and oxygen atoms in total. The van der Waals surface area contributed by atoms with Gasteiger partial charge in [0, 0.05) is 22.3 Å². The second-order valence-corrected chi connectivity index (χ2v) is 6.02. The standard InChI is InChI=1S/C17H19BrN2O/c1-11-5-3-4-6-13(11)7-8-20-17(21)15-9-14(18)10-16(19)12(15)2/h3-6,9-10H,7-8,19H2,1-2H3,(H,20,21). The third kappa shape index (κ3) is 3.85. The van der Waals surface area contributed by atoms with Crippen molar-refractivity contribution in [2.45, 2.75) is 20.3 Å². The van der Waals surface area contributed by atoms with Crippen molar-refractivity contribution in [3.8, 4) is 0 Å². The molecule has 0 saturated heterocycles. The second-order valence-electron chi connectivity index (χ2n) is 5.10. The summed E-state index contributed by atoms with van der Waals surface area (Å²) >= 11 is 3.37. The summed E-state index contributed by atoms with van der Waals surface area (Å²) in [7, 11) is 0. The predicted octanol–water partition coefficient (Wildman–Crippen LogP) is 3.62. The molecule has 2 aromatic carbocycles. The van der Waals surface area contributed by atoms with Crippen LogP contribution in [-0.2, 0) is 6.42 Å². The lowest BCUT2D eigenvalue weighted by Gasteiger charge is -2.11. The zero-order valence-electron chi connectivity index (χ0n) is 12.2. The highest BCUT2D eigenvalue weighted by molar-refractivity contribution is 9.10. The van der Waals surface area contributed by atoms with E-state index in [9.17, 15) is 4.79 Å². The summed E-state index contributed by atoms with van der Waals surface area (Å²) in [5, 5.41) is 2.95. The molecular formula is C17H19BrN2O. The molecule has 110 valence electrons. The normalized spacial score (nSPS) is 10.4. The van der Waals surface area contributed by atoms with Crippen molar-refractivity contribution in [2.75, 3.05) is 12.3 Å². The molecule has 0 heterocycles. The molecule has 0 aliphatic carbocycles. The van der Waals surface area contributed by atoms with Crippen molar-refractivity contribution in [1.29, 1.82) is 0 Å². The van der Waals surface area contributed by atoms with Gasteiger partial charge in [-0.05, 0) is 49.1 Å². The van der Waals surface area contributed by atoms with E-state index in [1.165, 1.54) is 11.1 Å². The van der Waals surface area contributed by atoms with Crippen molar-refractivity contribution in [3.63, 3.8) is 0 Å². The zero-order chi connectivity index (χ0) is 15.4. The first kappa shape index (κ1) is 15.6. The summed E-state index contributed by atoms with van der Waals surface area (Å²) in [6, 6.07) is 11.8. The van der Waals surface area contributed by atoms with E-state index in [1.807, 2.05) is 19.1 Å². The number of hydrogen-bond donors (Lipinski definition) is 2. The van der Waals surface area contributed by atoms with Gasteiger partial charge in [0.2, 0.25) is 0 Å². The van der Waals surface area contributed by atoms with Crippen LogP contribution in [0.2, 0.25) is 0 Å². The quantitative estimate of drug-likeness (QED) is 0.830. The molecule has 0 aliphatic rings. The average molecular weight is 347 g/mol. The van der Waals surface area contributed by atoms with E-state index in [4.69, 9.17) is 5.73 Å². The van der Waals surface area contributed by atoms with Crippen LogP contribution in [0.5, 0.6) is 0 Å². The van der Waals surface area contributed by atoms with Gasteiger partial charge in [0.05, 0.1) is 0 Å². The number of nitrogens with one attached hydrogen (secondary N) is 1. The number of aryl methyl sites for hydroxylation is 1. The maximum Gasteiger partial charge on any atom is 0.251 e. The van der Waals surface area contributed by atoms with Gasteiger partial charge in [0.25, 0.3) is 5.91 Å². The molecule has 0 bridgehead atoms. The van der Waals surface area contributed by atoms with Crippen LogP contribution in [0.25, 0.3) is 0 Å². The Kier molecular flexibility index (Phi) is 5.02. The Hall–Kier alpha value is -1.81. The predicted molar refractivity (Wildman–Crippen MR) is 90.5 cm³/mol. The smallest absolute Gasteiger partial charge is 0.251 e. The van der Waals surface area contributed by atoms with Gasteiger partial charge in [-0.2, -0.15) is 0 Å². The fourth-order valence-electron chi connectivity index (χ4n) is 2.23. The molecule has 1 amide bonds. The lowest BCUT2D eigenvalue weighted by Crippen LogP contribution is -2.26. The van der Waals surface area contributed by atoms with Gasteiger partial charge in [-0.1, -0.05) is 40.2 Å². The summed E-state index contributed by atoms with van der Waals surface area (Å²) < 4.78 is 0.814. The Morgan fingerprint density at radius 1 is 1.24 bits per heavy atom. The van der Waals surface area contributed by atoms with Crippen molar-refractivity contribution in [3.05, 3.63) is 63.1 Å². The Balaban J connectivity index is 2.01. The fraction of sp³-hybridized carbons (Fsp3) is 0.235. The molecule has 21 heavy (non-hydrogen) atoms. The number of nitrogens with two attached hydrogens (primary N) is 1. The molecule has 0 radical (unpaired) electrons. The number of carbonyl (C=O) groups is 1. The van der Waals surface area contributed by atoms with Crippen LogP contribution < -0.4 is 11.1 Å². The molecule has 0 aromatic heterocycles. The number of hydrogen-bond acceptors (Lipinski definition) is 2. The van der Waals surface area contributed by atoms with Gasteiger partial charge >= 0.3 is 0 Å². The molecule has 0 unspecified atom stereocenters. The molecule has 4 heteroatoms. The second kappa shape index (κ2) is 6.76. The third-order valence-electron chi connectivity index (χ3n) is 3.60. The van der Waals surface area contributed by atoms with Gasteiger partial charge in [0.1, 0.15) is 0 Å². The monoisotopic (exact) mass is 346 g/mol. The molecule has 0 saturated carbocycles. The molecule has 0 atom stereocenters. The van der Waals surface area contributed by atoms with Crippen LogP contribution in [0, 0.1) is 13.8 Å². The van der Waals surface area contributed by atoms with Crippen molar-refractivity contribution >= 4 is 27.5 Å². The van der Waals surface area contributed by atoms with Crippen LogP contribution in [-0.4, -0.2) is 12.5 Å². The highest BCUT2D eigenvalue weighted by atomic mass is 79.9. The van der Waals surface area contributed by atoms with Crippen molar-refractivity contribution in [2.24, 2.45) is 0 Å². The number of carbonyl (C=O) groups excluding carboxylic acids is 1. The maximum absolute atomic E-state index is 12.3. The number of anilines is 1. The Labute approximate surface area is 133 Å². The van der Waals surface area contributed by atoms with Crippen molar-refractivity contribution < 1.29 is 4.79 Å². The summed E-state index contributed by atoms with van der Waals surface area (Å²) in [5.41, 5.74) is 10.4. The Bertz CT molecular complexity index is 668. The molecule has 0 spiro atoms. The van der Waals surface area contributed by atoms with Crippen LogP contribution in [0.4, 0.5) is 5.69 Å². The lowest BCUT2D eigenvalue weighted by atomic mass is 10.0. The third-order valence-corrected chi connectivity index (χ3v) is 4.06. The minimum Gasteiger partial charge on any atom is -0.398 e. The zero-order valence-corrected chi connectivity index (χ0v) is 13.8. The molecular weight excluding hydrogens is 328 g/mol. The highest BCUT2D eigenvalue weighted by Crippen LogP contribution is 2.22. The van der Waals surface area contributed by atoms with Crippen LogP contribution in [0.1, 0.15) is 27.0 Å². The summed E-state index contributed by atoms with van der Waals surface area (Å²) in [4.78, 5) is 12.3. The number of halogens is 1. The first-order valence-corrected chi connectivity index (χ1v) is 7.66. The number of benzene rings is 2. The van der Waals surface area contributed by atoms with E-state index >= 15 is 0 Å². The number of nitrogen functional groups attached to an aromatic ring is 1. The number of amides is 1. The minimum atomic E-state index is -0.0888. The number of rotatable bonds is 4. The summed E-state index contributed by atoms with van der Waals surface area (Å²) in [6.45, 7) is 4.55. The van der Waals surface area contributed by atoms with E-state index in [-0.39, 0.29) is 5.91 Å². The van der Waals surface area contributed by atoms with Gasteiger partial charge in [-0.3, -0.25) is 4.79 Å². The molecule has 2 aromatic rings. The molecule has 3 N–H and O–H groups in total. The van der Waals surface area contributed by atoms with Crippen LogP contribution >= 0.6 is 15.9 Å². The van der Waals surface area contributed by atoms with Crippen LogP contribution in [0.15, 0.2) is 40.9 Å². The lowest BCUT2D eigenvalue weighted by molar-refractivity contribution is 0.0953. The van der Waals surface area contributed by atoms with Gasteiger partial charge < -0.3 is 11.1 Å². The summed E-state index contributed by atoms with van der Waals surface area (Å²) in [5.74, 6) is -0.0888. The highest BCUT2D eigenvalue weighted by Gasteiger charge is 2.11. The first-order chi connectivity index (χ1) is 9.99. The molecule has 0 fully saturated rings. The largest absolute Gasteiger partial charge is 0.398 e. The summed E-state index contributed by atoms with van der Waals surface area (Å²) in [6.07, 6.45) is 0.820. The van der Waals surface area contributed by atoms with E-state index in [0.29, 0.717) is 17.8 Å². The van der Waals surface area contributed by atoms with Gasteiger partial charge in [-0.25, -0.2) is 0 Å². The van der Waals surface area contributed by atoms with E-state index < -0.39 is 0 Å². The average Bonchev–Trinajstić information content (AvgIpc) is 2.44. The SMILES string of the molecule is Cc1ccccc1CCNC(=O)c1cc(Br)cc(N)c1C. The van der Waals surface area contributed by atoms with E-state index in [1.54, 1.807) is 12.1 Å². The van der Waals surface area contributed by atoms with E-state index in [2.05, 4.69) is 40.3 Å².